The summed E-state index contributed by atoms with van der Waals surface area (Å²) in [4.78, 5) is 8.43. The van der Waals surface area contributed by atoms with Crippen molar-refractivity contribution in [1.82, 2.24) is 10.3 Å². The average Bonchev–Trinajstić information content (AvgIpc) is 2.62. The molecule has 3 N–H and O–H groups in total. The maximum Gasteiger partial charge on any atom is 0.189 e. The number of nitrogens with zero attached hydrogens (tertiary/aromatic N) is 2. The van der Waals surface area contributed by atoms with Gasteiger partial charge in [-0.1, -0.05) is 0 Å². The van der Waals surface area contributed by atoms with Crippen LogP contribution in [0.4, 0.5) is 0 Å². The van der Waals surface area contributed by atoms with Gasteiger partial charge < -0.3 is 15.8 Å². The van der Waals surface area contributed by atoms with Crippen LogP contribution in [0.3, 0.4) is 0 Å². The highest BCUT2D eigenvalue weighted by atomic mass is 32.1. The minimum Gasteiger partial charge on any atom is -0.383 e. The maximum atomic E-state index is 5.63. The minimum absolute atomic E-state index is 0.428. The Kier molecular flexibility index (Phi) is 5.06. The molecule has 0 radical (unpaired) electrons. The Labute approximate surface area is 93.4 Å². The fraction of sp³-hybridized carbons (Fsp3) is 0.556. The Hall–Kier alpha value is -1.14. The molecule has 15 heavy (non-hydrogen) atoms. The Morgan fingerprint density at radius 1 is 1.73 bits per heavy atom. The topological polar surface area (TPSA) is 72.5 Å². The molecule has 0 saturated carbocycles. The number of guanidine groups is 1. The number of methoxy groups -OCH3 is 1. The molecule has 0 aliphatic rings. The van der Waals surface area contributed by atoms with E-state index in [1.54, 1.807) is 18.4 Å². The van der Waals surface area contributed by atoms with Crippen molar-refractivity contribution < 1.29 is 4.74 Å². The van der Waals surface area contributed by atoms with Gasteiger partial charge in [0.2, 0.25) is 0 Å². The number of ether oxygens (including phenoxy) is 1. The number of hydrogen-bond acceptors (Lipinski definition) is 4. The minimum atomic E-state index is 0.428. The first-order valence-corrected chi connectivity index (χ1v) is 5.54. The summed E-state index contributed by atoms with van der Waals surface area (Å²) in [5.41, 5.74) is 6.58. The molecule has 0 unspecified atom stereocenters. The number of nitrogens with two attached hydrogens (primary N) is 1. The average molecular weight is 228 g/mol. The van der Waals surface area contributed by atoms with Crippen molar-refractivity contribution in [3.63, 3.8) is 0 Å². The van der Waals surface area contributed by atoms with Gasteiger partial charge in [-0.25, -0.2) is 9.98 Å². The highest BCUT2D eigenvalue weighted by Gasteiger charge is 1.97. The van der Waals surface area contributed by atoms with E-state index in [2.05, 4.69) is 15.3 Å². The van der Waals surface area contributed by atoms with E-state index in [9.17, 15) is 0 Å². The number of aryl methyl sites for hydroxylation is 1. The number of aromatic nitrogens is 1. The molecule has 0 atom stereocenters. The number of nitrogens with one attached hydrogen (secondary N) is 1. The Morgan fingerprint density at radius 3 is 3.13 bits per heavy atom. The molecule has 1 heterocycles. The van der Waals surface area contributed by atoms with Gasteiger partial charge in [0.05, 0.1) is 23.9 Å². The van der Waals surface area contributed by atoms with E-state index in [0.717, 1.165) is 10.7 Å². The molecule has 0 saturated heterocycles. The molecule has 0 aromatic carbocycles. The number of rotatable bonds is 5. The molecule has 0 aliphatic carbocycles. The van der Waals surface area contributed by atoms with Crippen LogP contribution in [0.1, 0.15) is 10.7 Å². The van der Waals surface area contributed by atoms with Crippen molar-refractivity contribution in [2.45, 2.75) is 13.5 Å². The summed E-state index contributed by atoms with van der Waals surface area (Å²) >= 11 is 1.62. The van der Waals surface area contributed by atoms with Crippen molar-refractivity contribution in [1.29, 1.82) is 0 Å². The molecular weight excluding hydrogens is 212 g/mol. The second-order valence-electron chi connectivity index (χ2n) is 2.98. The molecule has 0 aliphatic heterocycles. The molecule has 0 spiro atoms. The van der Waals surface area contributed by atoms with E-state index in [4.69, 9.17) is 10.5 Å². The van der Waals surface area contributed by atoms with Crippen LogP contribution in [-0.2, 0) is 11.3 Å². The molecule has 1 rings (SSSR count). The van der Waals surface area contributed by atoms with Gasteiger partial charge in [-0.05, 0) is 6.92 Å². The smallest absolute Gasteiger partial charge is 0.189 e. The molecule has 0 amide bonds. The lowest BCUT2D eigenvalue weighted by molar-refractivity contribution is 0.204. The van der Waals surface area contributed by atoms with E-state index in [1.165, 1.54) is 0 Å². The van der Waals surface area contributed by atoms with Crippen molar-refractivity contribution >= 4 is 17.3 Å². The lowest BCUT2D eigenvalue weighted by atomic mass is 10.5. The van der Waals surface area contributed by atoms with Gasteiger partial charge in [0.15, 0.2) is 5.96 Å². The van der Waals surface area contributed by atoms with Crippen molar-refractivity contribution in [3.05, 3.63) is 16.1 Å². The quantitative estimate of drug-likeness (QED) is 0.437. The van der Waals surface area contributed by atoms with Gasteiger partial charge in [-0.2, -0.15) is 0 Å². The summed E-state index contributed by atoms with van der Waals surface area (Å²) in [6.07, 6.45) is 0. The van der Waals surface area contributed by atoms with E-state index < -0.39 is 0 Å². The fourth-order valence-electron chi connectivity index (χ4n) is 0.984. The first kappa shape index (κ1) is 11.9. The molecule has 5 nitrogen and oxygen atoms in total. The Morgan fingerprint density at radius 2 is 2.53 bits per heavy atom. The SMILES string of the molecule is COCCNC(N)=NCc1csc(C)n1. The standard InChI is InChI=1S/C9H16N4OS/c1-7-13-8(6-15-7)5-12-9(10)11-3-4-14-2/h6H,3-5H2,1-2H3,(H3,10,11,12). The van der Waals surface area contributed by atoms with Crippen LogP contribution in [0.5, 0.6) is 0 Å². The van der Waals surface area contributed by atoms with Gasteiger partial charge in [0.1, 0.15) is 0 Å². The summed E-state index contributed by atoms with van der Waals surface area (Å²) < 4.78 is 4.87. The normalized spacial score (nSPS) is 11.7. The Balaban J connectivity index is 2.30. The van der Waals surface area contributed by atoms with Crippen LogP contribution in [0.25, 0.3) is 0 Å². The predicted molar refractivity (Wildman–Crippen MR) is 62.1 cm³/mol. The molecule has 1 aromatic heterocycles. The maximum absolute atomic E-state index is 5.63. The van der Waals surface area contributed by atoms with Crippen molar-refractivity contribution in [2.75, 3.05) is 20.3 Å². The van der Waals surface area contributed by atoms with Gasteiger partial charge in [0, 0.05) is 19.0 Å². The lowest BCUT2D eigenvalue weighted by Gasteiger charge is -2.03. The number of hydrogen-bond donors (Lipinski definition) is 2. The van der Waals surface area contributed by atoms with E-state index in [0.29, 0.717) is 25.7 Å². The first-order chi connectivity index (χ1) is 7.22. The second kappa shape index (κ2) is 6.36. The van der Waals surface area contributed by atoms with Gasteiger partial charge >= 0.3 is 0 Å². The molecule has 0 fully saturated rings. The van der Waals surface area contributed by atoms with Gasteiger partial charge in [-0.3, -0.25) is 0 Å². The molecule has 6 heteroatoms. The second-order valence-corrected chi connectivity index (χ2v) is 4.04. The van der Waals surface area contributed by atoms with E-state index in [1.807, 2.05) is 12.3 Å². The highest BCUT2D eigenvalue weighted by Crippen LogP contribution is 2.08. The molecular formula is C9H16N4OS. The molecule has 84 valence electrons. The van der Waals surface area contributed by atoms with Gasteiger partial charge in [0.25, 0.3) is 0 Å². The summed E-state index contributed by atoms with van der Waals surface area (Å²) in [5, 5.41) is 5.97. The summed E-state index contributed by atoms with van der Waals surface area (Å²) in [6.45, 7) is 3.78. The largest absolute Gasteiger partial charge is 0.383 e. The lowest BCUT2D eigenvalue weighted by Crippen LogP contribution is -2.34. The number of thiazole rings is 1. The van der Waals surface area contributed by atoms with Crippen LogP contribution < -0.4 is 11.1 Å². The third kappa shape index (κ3) is 4.75. The molecule has 1 aromatic rings. The summed E-state index contributed by atoms with van der Waals surface area (Å²) in [5.74, 6) is 0.428. The zero-order valence-electron chi connectivity index (χ0n) is 8.99. The van der Waals surface area contributed by atoms with E-state index >= 15 is 0 Å². The van der Waals surface area contributed by atoms with Gasteiger partial charge in [-0.15, -0.1) is 11.3 Å². The number of aliphatic imine (C=N–C) groups is 1. The van der Waals surface area contributed by atoms with Crippen LogP contribution >= 0.6 is 11.3 Å². The van der Waals surface area contributed by atoms with Crippen LogP contribution in [0.2, 0.25) is 0 Å². The summed E-state index contributed by atoms with van der Waals surface area (Å²) in [7, 11) is 1.65. The summed E-state index contributed by atoms with van der Waals surface area (Å²) in [6, 6.07) is 0. The first-order valence-electron chi connectivity index (χ1n) is 4.66. The third-order valence-corrected chi connectivity index (χ3v) is 2.51. The van der Waals surface area contributed by atoms with Crippen LogP contribution in [0, 0.1) is 6.92 Å². The van der Waals surface area contributed by atoms with Crippen LogP contribution in [0.15, 0.2) is 10.4 Å². The Bertz CT molecular complexity index is 324. The zero-order chi connectivity index (χ0) is 11.1. The predicted octanol–water partition coefficient (Wildman–Crippen LogP) is 0.502. The zero-order valence-corrected chi connectivity index (χ0v) is 9.80. The molecule has 0 bridgehead atoms. The van der Waals surface area contributed by atoms with E-state index in [-0.39, 0.29) is 0 Å². The third-order valence-electron chi connectivity index (χ3n) is 1.69. The monoisotopic (exact) mass is 228 g/mol. The highest BCUT2D eigenvalue weighted by molar-refractivity contribution is 7.09. The fourth-order valence-corrected chi connectivity index (χ4v) is 1.59. The van der Waals surface area contributed by atoms with Crippen molar-refractivity contribution in [2.24, 2.45) is 10.7 Å². The van der Waals surface area contributed by atoms with Crippen molar-refractivity contribution in [3.8, 4) is 0 Å². The van der Waals surface area contributed by atoms with Crippen LogP contribution in [-0.4, -0.2) is 31.2 Å².